The number of aliphatic hydroxyl groups excluding tert-OH is 1. The predicted octanol–water partition coefficient (Wildman–Crippen LogP) is 1.05. The Bertz CT molecular complexity index is 127. The Morgan fingerprint density at radius 1 is 1.67 bits per heavy atom. The lowest BCUT2D eigenvalue weighted by Gasteiger charge is -2.07. The van der Waals surface area contributed by atoms with Crippen LogP contribution >= 0.6 is 11.8 Å². The van der Waals surface area contributed by atoms with Crippen LogP contribution in [0.5, 0.6) is 0 Å². The maximum absolute atomic E-state index is 10.7. The van der Waals surface area contributed by atoms with Gasteiger partial charge in [0.05, 0.1) is 13.5 Å². The smallest absolute Gasteiger partial charge is 0.306 e. The second kappa shape index (κ2) is 7.43. The fraction of sp³-hybridized carbons (Fsp3) is 0.875. The molecule has 0 spiro atoms. The van der Waals surface area contributed by atoms with Gasteiger partial charge in [-0.05, 0) is 6.42 Å². The Kier molecular flexibility index (Phi) is 7.29. The van der Waals surface area contributed by atoms with Crippen LogP contribution in [0.3, 0.4) is 0 Å². The summed E-state index contributed by atoms with van der Waals surface area (Å²) in [4.78, 5) is 10.7. The molecule has 0 saturated carbocycles. The average molecular weight is 192 g/mol. The first kappa shape index (κ1) is 11.8. The summed E-state index contributed by atoms with van der Waals surface area (Å²) in [5.41, 5.74) is 0. The molecule has 0 aromatic heterocycles. The molecule has 0 aliphatic heterocycles. The molecule has 0 aliphatic rings. The van der Waals surface area contributed by atoms with Crippen LogP contribution in [0, 0.1) is 0 Å². The van der Waals surface area contributed by atoms with E-state index in [4.69, 9.17) is 5.11 Å². The lowest BCUT2D eigenvalue weighted by atomic mass is 10.3. The minimum absolute atomic E-state index is 0.168. The number of hydrogen-bond donors (Lipinski definition) is 1. The summed E-state index contributed by atoms with van der Waals surface area (Å²) >= 11 is 1.68. The zero-order valence-corrected chi connectivity index (χ0v) is 8.39. The molecule has 4 heteroatoms. The standard InChI is InChI=1S/C8H16O3S/c1-7(3-5-9)12-6-4-8(10)11-2/h7,9H,3-6H2,1-2H3. The lowest BCUT2D eigenvalue weighted by Crippen LogP contribution is -2.05. The van der Waals surface area contributed by atoms with Gasteiger partial charge in [0.1, 0.15) is 0 Å². The molecular weight excluding hydrogens is 176 g/mol. The van der Waals surface area contributed by atoms with Crippen molar-refractivity contribution in [1.29, 1.82) is 0 Å². The molecule has 1 N–H and O–H groups in total. The molecule has 0 aromatic carbocycles. The Balaban J connectivity index is 3.24. The zero-order chi connectivity index (χ0) is 9.40. The molecule has 0 bridgehead atoms. The molecular formula is C8H16O3S. The van der Waals surface area contributed by atoms with Crippen molar-refractivity contribution in [2.45, 2.75) is 25.0 Å². The molecule has 0 rings (SSSR count). The number of methoxy groups -OCH3 is 1. The van der Waals surface area contributed by atoms with E-state index in [1.165, 1.54) is 7.11 Å². The summed E-state index contributed by atoms with van der Waals surface area (Å²) in [5.74, 6) is 0.604. The number of esters is 1. The van der Waals surface area contributed by atoms with Gasteiger partial charge < -0.3 is 9.84 Å². The van der Waals surface area contributed by atoms with Crippen molar-refractivity contribution in [1.82, 2.24) is 0 Å². The Morgan fingerprint density at radius 2 is 2.33 bits per heavy atom. The Labute approximate surface area is 77.5 Å². The van der Waals surface area contributed by atoms with Crippen LogP contribution < -0.4 is 0 Å². The SMILES string of the molecule is COC(=O)CCSC(C)CCO. The number of aliphatic hydroxyl groups is 1. The first-order chi connectivity index (χ1) is 5.70. The number of carbonyl (C=O) groups excluding carboxylic acids is 1. The van der Waals surface area contributed by atoms with E-state index in [2.05, 4.69) is 4.74 Å². The van der Waals surface area contributed by atoms with Crippen molar-refractivity contribution in [3.05, 3.63) is 0 Å². The number of thioether (sulfide) groups is 1. The summed E-state index contributed by atoms with van der Waals surface area (Å²) in [6, 6.07) is 0. The van der Waals surface area contributed by atoms with Crippen LogP contribution in [0.4, 0.5) is 0 Å². The third-order valence-corrected chi connectivity index (χ3v) is 2.72. The van der Waals surface area contributed by atoms with Crippen LogP contribution in [0.2, 0.25) is 0 Å². The maximum Gasteiger partial charge on any atom is 0.306 e. The van der Waals surface area contributed by atoms with Crippen LogP contribution in [-0.2, 0) is 9.53 Å². The molecule has 1 atom stereocenters. The van der Waals surface area contributed by atoms with E-state index in [0.717, 1.165) is 12.2 Å². The third kappa shape index (κ3) is 6.49. The van der Waals surface area contributed by atoms with Gasteiger partial charge in [-0.1, -0.05) is 6.92 Å². The number of hydrogen-bond acceptors (Lipinski definition) is 4. The number of rotatable bonds is 6. The minimum atomic E-state index is -0.168. The van der Waals surface area contributed by atoms with Gasteiger partial charge in [0.2, 0.25) is 0 Å². The van der Waals surface area contributed by atoms with Gasteiger partial charge >= 0.3 is 5.97 Å². The Hall–Kier alpha value is -0.220. The van der Waals surface area contributed by atoms with E-state index < -0.39 is 0 Å². The highest BCUT2D eigenvalue weighted by Gasteiger charge is 2.04. The highest BCUT2D eigenvalue weighted by atomic mass is 32.2. The van der Waals surface area contributed by atoms with Crippen molar-refractivity contribution in [3.8, 4) is 0 Å². The van der Waals surface area contributed by atoms with Crippen molar-refractivity contribution < 1.29 is 14.6 Å². The summed E-state index contributed by atoms with van der Waals surface area (Å²) in [7, 11) is 1.39. The van der Waals surface area contributed by atoms with Crippen molar-refractivity contribution in [3.63, 3.8) is 0 Å². The first-order valence-electron chi connectivity index (χ1n) is 4.00. The molecule has 0 aliphatic carbocycles. The molecule has 1 unspecified atom stereocenters. The lowest BCUT2D eigenvalue weighted by molar-refractivity contribution is -0.140. The van der Waals surface area contributed by atoms with Crippen molar-refractivity contribution in [2.75, 3.05) is 19.5 Å². The predicted molar refractivity (Wildman–Crippen MR) is 50.3 cm³/mol. The van der Waals surface area contributed by atoms with Gasteiger partial charge in [-0.25, -0.2) is 0 Å². The maximum atomic E-state index is 10.7. The summed E-state index contributed by atoms with van der Waals surface area (Å²) in [6.45, 7) is 2.25. The minimum Gasteiger partial charge on any atom is -0.469 e. The second-order valence-corrected chi connectivity index (χ2v) is 4.07. The number of ether oxygens (including phenoxy) is 1. The van der Waals surface area contributed by atoms with E-state index in [1.807, 2.05) is 6.92 Å². The molecule has 0 fully saturated rings. The van der Waals surface area contributed by atoms with E-state index >= 15 is 0 Å². The molecule has 0 saturated heterocycles. The van der Waals surface area contributed by atoms with Crippen LogP contribution in [-0.4, -0.2) is 35.8 Å². The highest BCUT2D eigenvalue weighted by Crippen LogP contribution is 2.14. The van der Waals surface area contributed by atoms with Gasteiger partial charge in [0, 0.05) is 17.6 Å². The molecule has 72 valence electrons. The second-order valence-electron chi connectivity index (χ2n) is 2.52. The quantitative estimate of drug-likeness (QED) is 0.639. The normalized spacial score (nSPS) is 12.6. The first-order valence-corrected chi connectivity index (χ1v) is 5.05. The third-order valence-electron chi connectivity index (χ3n) is 1.47. The number of carbonyl (C=O) groups is 1. The van der Waals surface area contributed by atoms with Crippen molar-refractivity contribution in [2.24, 2.45) is 0 Å². The highest BCUT2D eigenvalue weighted by molar-refractivity contribution is 7.99. The van der Waals surface area contributed by atoms with Gasteiger partial charge in [-0.15, -0.1) is 0 Å². The molecule has 12 heavy (non-hydrogen) atoms. The Morgan fingerprint density at radius 3 is 2.83 bits per heavy atom. The molecule has 0 amide bonds. The van der Waals surface area contributed by atoms with E-state index in [9.17, 15) is 4.79 Å². The van der Waals surface area contributed by atoms with E-state index in [1.54, 1.807) is 11.8 Å². The molecule has 0 aromatic rings. The van der Waals surface area contributed by atoms with Gasteiger partial charge in [-0.2, -0.15) is 11.8 Å². The van der Waals surface area contributed by atoms with E-state index in [0.29, 0.717) is 11.7 Å². The van der Waals surface area contributed by atoms with E-state index in [-0.39, 0.29) is 12.6 Å². The molecule has 0 heterocycles. The van der Waals surface area contributed by atoms with Gasteiger partial charge in [0.25, 0.3) is 0 Å². The summed E-state index contributed by atoms with van der Waals surface area (Å²) < 4.78 is 4.49. The average Bonchev–Trinajstić information content (AvgIpc) is 2.04. The van der Waals surface area contributed by atoms with Crippen molar-refractivity contribution >= 4 is 17.7 Å². The van der Waals surface area contributed by atoms with Crippen LogP contribution in [0.15, 0.2) is 0 Å². The monoisotopic (exact) mass is 192 g/mol. The van der Waals surface area contributed by atoms with Crippen LogP contribution in [0.1, 0.15) is 19.8 Å². The largest absolute Gasteiger partial charge is 0.469 e. The van der Waals surface area contributed by atoms with Crippen LogP contribution in [0.25, 0.3) is 0 Å². The van der Waals surface area contributed by atoms with Gasteiger partial charge in [-0.3, -0.25) is 4.79 Å². The topological polar surface area (TPSA) is 46.5 Å². The summed E-state index contributed by atoms with van der Waals surface area (Å²) in [5, 5.41) is 9.00. The molecule has 0 radical (unpaired) electrons. The summed E-state index contributed by atoms with van der Waals surface area (Å²) in [6.07, 6.45) is 1.24. The fourth-order valence-corrected chi connectivity index (χ4v) is 1.67. The fourth-order valence-electron chi connectivity index (χ4n) is 0.711. The molecule has 3 nitrogen and oxygen atoms in total. The zero-order valence-electron chi connectivity index (χ0n) is 7.58. The van der Waals surface area contributed by atoms with Gasteiger partial charge in [0.15, 0.2) is 0 Å².